The second-order valence-electron chi connectivity index (χ2n) is 3.26. The van der Waals surface area contributed by atoms with Gasteiger partial charge in [0.25, 0.3) is 10.1 Å². The number of hydrogen-bond acceptors (Lipinski definition) is 5. The molecule has 17 heavy (non-hydrogen) atoms. The summed E-state index contributed by atoms with van der Waals surface area (Å²) in [6.07, 6.45) is 0.495. The largest absolute Gasteiger partial charge is 0.359 e. The summed E-state index contributed by atoms with van der Waals surface area (Å²) >= 11 is 0. The third-order valence-electron chi connectivity index (χ3n) is 1.90. The van der Waals surface area contributed by atoms with Crippen LogP contribution in [0.4, 0.5) is 0 Å². The van der Waals surface area contributed by atoms with E-state index in [2.05, 4.69) is 4.74 Å². The SMILES string of the molecule is COCOCCCOS(=O)(=O)c1ccccc1. The van der Waals surface area contributed by atoms with Crippen molar-refractivity contribution in [2.75, 3.05) is 27.1 Å². The zero-order chi connectivity index (χ0) is 12.6. The highest BCUT2D eigenvalue weighted by atomic mass is 32.2. The molecule has 0 radical (unpaired) electrons. The molecule has 0 spiro atoms. The fraction of sp³-hybridized carbons (Fsp3) is 0.455. The van der Waals surface area contributed by atoms with Gasteiger partial charge in [0.15, 0.2) is 0 Å². The average molecular weight is 260 g/mol. The van der Waals surface area contributed by atoms with Crippen LogP contribution in [0, 0.1) is 0 Å². The van der Waals surface area contributed by atoms with Crippen molar-refractivity contribution in [3.05, 3.63) is 30.3 Å². The quantitative estimate of drug-likeness (QED) is 0.402. The lowest BCUT2D eigenvalue weighted by atomic mass is 10.4. The fourth-order valence-corrected chi connectivity index (χ4v) is 2.09. The molecule has 5 nitrogen and oxygen atoms in total. The predicted octanol–water partition coefficient (Wildman–Crippen LogP) is 1.40. The minimum Gasteiger partial charge on any atom is -0.359 e. The van der Waals surface area contributed by atoms with Gasteiger partial charge in [-0.1, -0.05) is 18.2 Å². The van der Waals surface area contributed by atoms with E-state index >= 15 is 0 Å². The van der Waals surface area contributed by atoms with Gasteiger partial charge in [-0.15, -0.1) is 0 Å². The third kappa shape index (κ3) is 5.27. The molecule has 0 aliphatic rings. The van der Waals surface area contributed by atoms with E-state index < -0.39 is 10.1 Å². The van der Waals surface area contributed by atoms with Crippen LogP contribution >= 0.6 is 0 Å². The summed E-state index contributed by atoms with van der Waals surface area (Å²) in [5.41, 5.74) is 0. The Bertz CT molecular complexity index is 401. The summed E-state index contributed by atoms with van der Waals surface area (Å²) in [4.78, 5) is 0.165. The van der Waals surface area contributed by atoms with Crippen molar-refractivity contribution in [1.29, 1.82) is 0 Å². The molecule has 0 amide bonds. The Morgan fingerprint density at radius 1 is 1.12 bits per heavy atom. The number of ether oxygens (including phenoxy) is 2. The van der Waals surface area contributed by atoms with Crippen LogP contribution in [0.1, 0.15) is 6.42 Å². The second kappa shape index (κ2) is 7.39. The van der Waals surface area contributed by atoms with Crippen molar-refractivity contribution in [2.45, 2.75) is 11.3 Å². The molecule has 0 aromatic heterocycles. The van der Waals surface area contributed by atoms with E-state index in [0.717, 1.165) is 0 Å². The summed E-state index contributed by atoms with van der Waals surface area (Å²) in [6.45, 7) is 0.699. The lowest BCUT2D eigenvalue weighted by molar-refractivity contribution is -0.0331. The van der Waals surface area contributed by atoms with Gasteiger partial charge in [-0.2, -0.15) is 8.42 Å². The van der Waals surface area contributed by atoms with Gasteiger partial charge in [-0.05, 0) is 18.6 Å². The smallest absolute Gasteiger partial charge is 0.296 e. The van der Waals surface area contributed by atoms with E-state index in [1.54, 1.807) is 18.2 Å². The van der Waals surface area contributed by atoms with Crippen molar-refractivity contribution in [2.24, 2.45) is 0 Å². The van der Waals surface area contributed by atoms with Crippen molar-refractivity contribution >= 4 is 10.1 Å². The summed E-state index contributed by atoms with van der Waals surface area (Å²) in [5, 5.41) is 0. The maximum absolute atomic E-state index is 11.6. The molecular weight excluding hydrogens is 244 g/mol. The Morgan fingerprint density at radius 3 is 2.47 bits per heavy atom. The van der Waals surface area contributed by atoms with Crippen LogP contribution in [-0.4, -0.2) is 35.5 Å². The number of hydrogen-bond donors (Lipinski definition) is 0. The fourth-order valence-electron chi connectivity index (χ4n) is 1.13. The van der Waals surface area contributed by atoms with E-state index in [4.69, 9.17) is 8.92 Å². The van der Waals surface area contributed by atoms with Gasteiger partial charge < -0.3 is 9.47 Å². The molecule has 0 bridgehead atoms. The maximum Gasteiger partial charge on any atom is 0.296 e. The topological polar surface area (TPSA) is 61.8 Å². The Balaban J connectivity index is 2.31. The maximum atomic E-state index is 11.6. The normalized spacial score (nSPS) is 11.6. The Labute approximate surface area is 101 Å². The highest BCUT2D eigenvalue weighted by Crippen LogP contribution is 2.11. The Kier molecular flexibility index (Phi) is 6.13. The van der Waals surface area contributed by atoms with E-state index in [1.807, 2.05) is 0 Å². The van der Waals surface area contributed by atoms with Gasteiger partial charge in [-0.25, -0.2) is 0 Å². The molecule has 0 aliphatic carbocycles. The van der Waals surface area contributed by atoms with Crippen LogP contribution < -0.4 is 0 Å². The molecule has 6 heteroatoms. The number of methoxy groups -OCH3 is 1. The van der Waals surface area contributed by atoms with Gasteiger partial charge in [-0.3, -0.25) is 4.18 Å². The Morgan fingerprint density at radius 2 is 1.82 bits per heavy atom. The van der Waals surface area contributed by atoms with Crippen LogP contribution in [0.25, 0.3) is 0 Å². The first kappa shape index (κ1) is 14.1. The number of benzene rings is 1. The summed E-state index contributed by atoms with van der Waals surface area (Å²) in [7, 11) is -2.12. The predicted molar refractivity (Wildman–Crippen MR) is 62.0 cm³/mol. The van der Waals surface area contributed by atoms with Crippen LogP contribution in [-0.2, 0) is 23.8 Å². The molecular formula is C11H16O5S. The number of rotatable bonds is 8. The lowest BCUT2D eigenvalue weighted by Crippen LogP contribution is -2.09. The molecule has 0 atom stereocenters. The lowest BCUT2D eigenvalue weighted by Gasteiger charge is -2.05. The van der Waals surface area contributed by atoms with E-state index in [0.29, 0.717) is 13.0 Å². The molecule has 0 heterocycles. The minimum absolute atomic E-state index is 0.0982. The van der Waals surface area contributed by atoms with Crippen LogP contribution in [0.2, 0.25) is 0 Å². The third-order valence-corrected chi connectivity index (χ3v) is 3.23. The van der Waals surface area contributed by atoms with Gasteiger partial charge in [0.05, 0.1) is 18.1 Å². The average Bonchev–Trinajstić information content (AvgIpc) is 2.35. The van der Waals surface area contributed by atoms with Crippen LogP contribution in [0.3, 0.4) is 0 Å². The first-order valence-electron chi connectivity index (χ1n) is 5.18. The summed E-state index contributed by atoms with van der Waals surface area (Å²) in [6, 6.07) is 8.04. The Hall–Kier alpha value is -0.950. The van der Waals surface area contributed by atoms with Gasteiger partial charge >= 0.3 is 0 Å². The molecule has 0 saturated carbocycles. The molecule has 0 fully saturated rings. The zero-order valence-electron chi connectivity index (χ0n) is 9.66. The molecule has 1 aromatic carbocycles. The van der Waals surface area contributed by atoms with Crippen molar-refractivity contribution in [3.8, 4) is 0 Å². The highest BCUT2D eigenvalue weighted by molar-refractivity contribution is 7.86. The van der Waals surface area contributed by atoms with Crippen LogP contribution in [0.15, 0.2) is 35.2 Å². The minimum atomic E-state index is -3.64. The molecule has 1 rings (SSSR count). The van der Waals surface area contributed by atoms with E-state index in [1.165, 1.54) is 19.2 Å². The highest BCUT2D eigenvalue weighted by Gasteiger charge is 2.13. The van der Waals surface area contributed by atoms with Crippen molar-refractivity contribution in [1.82, 2.24) is 0 Å². The monoisotopic (exact) mass is 260 g/mol. The standard InChI is InChI=1S/C11H16O5S/c1-14-10-15-8-5-9-16-17(12,13)11-6-3-2-4-7-11/h2-4,6-7H,5,8-10H2,1H3. The molecule has 96 valence electrons. The summed E-state index contributed by atoms with van der Waals surface area (Å²) < 4.78 is 37.8. The molecule has 0 aliphatic heterocycles. The second-order valence-corrected chi connectivity index (χ2v) is 4.87. The van der Waals surface area contributed by atoms with Crippen LogP contribution in [0.5, 0.6) is 0 Å². The van der Waals surface area contributed by atoms with Gasteiger partial charge in [0.1, 0.15) is 6.79 Å². The molecule has 0 saturated heterocycles. The van der Waals surface area contributed by atoms with E-state index in [9.17, 15) is 8.42 Å². The van der Waals surface area contributed by atoms with Gasteiger partial charge in [0.2, 0.25) is 0 Å². The van der Waals surface area contributed by atoms with Crippen molar-refractivity contribution < 1.29 is 22.1 Å². The first-order valence-corrected chi connectivity index (χ1v) is 6.59. The molecule has 0 unspecified atom stereocenters. The van der Waals surface area contributed by atoms with Gasteiger partial charge in [0, 0.05) is 7.11 Å². The van der Waals surface area contributed by atoms with E-state index in [-0.39, 0.29) is 18.3 Å². The molecule has 1 aromatic rings. The zero-order valence-corrected chi connectivity index (χ0v) is 10.5. The first-order chi connectivity index (χ1) is 8.17. The van der Waals surface area contributed by atoms with Crippen molar-refractivity contribution in [3.63, 3.8) is 0 Å². The molecule has 0 N–H and O–H groups in total. The summed E-state index contributed by atoms with van der Waals surface area (Å²) in [5.74, 6) is 0.